The number of nitrogens with one attached hydrogen (secondary N) is 1. The van der Waals surface area contributed by atoms with Crippen molar-refractivity contribution in [2.24, 2.45) is 0 Å². The summed E-state index contributed by atoms with van der Waals surface area (Å²) in [4.78, 5) is 61.4. The van der Waals surface area contributed by atoms with Crippen LogP contribution in [-0.2, 0) is 16.1 Å². The number of rotatable bonds is 7. The molecule has 3 atom stereocenters. The van der Waals surface area contributed by atoms with E-state index in [9.17, 15) is 19.2 Å². The van der Waals surface area contributed by atoms with Crippen LogP contribution < -0.4 is 15.8 Å². The van der Waals surface area contributed by atoms with Crippen LogP contribution >= 0.6 is 0 Å². The highest BCUT2D eigenvalue weighted by atomic mass is 19.1. The first-order chi connectivity index (χ1) is 24.7. The predicted octanol–water partition coefficient (Wildman–Crippen LogP) is 4.19. The summed E-state index contributed by atoms with van der Waals surface area (Å²) in [6.07, 6.45) is 0.149. The molecular weight excluding hydrogens is 662 g/mol. The van der Waals surface area contributed by atoms with Crippen molar-refractivity contribution < 1.29 is 32.7 Å². The molecule has 3 N–H and O–H groups in total. The summed E-state index contributed by atoms with van der Waals surface area (Å²) >= 11 is 0. The van der Waals surface area contributed by atoms with Crippen LogP contribution in [0.25, 0.3) is 22.3 Å². The molecule has 2 fully saturated rings. The summed E-state index contributed by atoms with van der Waals surface area (Å²) in [5.74, 6) is -2.40. The third-order valence-corrected chi connectivity index (χ3v) is 9.49. The fourth-order valence-electron chi connectivity index (χ4n) is 7.06. The first-order valence-corrected chi connectivity index (χ1v) is 16.4. The van der Waals surface area contributed by atoms with Gasteiger partial charge in [-0.1, -0.05) is 18.2 Å². The molecule has 2 aromatic heterocycles. The topological polar surface area (TPSA) is 166 Å². The Bertz CT molecular complexity index is 2230. The Morgan fingerprint density at radius 1 is 0.941 bits per heavy atom. The first-order valence-electron chi connectivity index (χ1n) is 16.4. The molecule has 0 spiro atoms. The number of halogens is 2. The fourth-order valence-corrected chi connectivity index (χ4v) is 7.06. The van der Waals surface area contributed by atoms with Crippen molar-refractivity contribution in [1.29, 1.82) is 0 Å². The zero-order valence-corrected chi connectivity index (χ0v) is 27.0. The quantitative estimate of drug-likeness (QED) is 0.236. The van der Waals surface area contributed by atoms with E-state index in [4.69, 9.17) is 15.6 Å². The average Bonchev–Trinajstić information content (AvgIpc) is 3.61. The Morgan fingerprint density at radius 3 is 2.45 bits per heavy atom. The van der Waals surface area contributed by atoms with Gasteiger partial charge < -0.3 is 10.5 Å². The number of hydrogen-bond acceptors (Lipinski definition) is 10. The van der Waals surface area contributed by atoms with Gasteiger partial charge in [0.15, 0.2) is 5.65 Å². The lowest BCUT2D eigenvalue weighted by Gasteiger charge is -2.34. The van der Waals surface area contributed by atoms with Gasteiger partial charge in [-0.05, 0) is 66.9 Å². The molecule has 3 aliphatic rings. The molecule has 0 saturated carbocycles. The van der Waals surface area contributed by atoms with Crippen molar-refractivity contribution in [3.63, 3.8) is 0 Å². The molecule has 5 aromatic rings. The molecule has 4 amide bonds. The Balaban J connectivity index is 0.999. The van der Waals surface area contributed by atoms with Crippen molar-refractivity contribution >= 4 is 40.5 Å². The lowest BCUT2D eigenvalue weighted by Crippen LogP contribution is -2.54. The van der Waals surface area contributed by atoms with E-state index < -0.39 is 53.3 Å². The Labute approximate surface area is 289 Å². The van der Waals surface area contributed by atoms with Crippen LogP contribution in [-0.4, -0.2) is 78.5 Å². The minimum atomic E-state index is -1.40. The Morgan fingerprint density at radius 2 is 1.71 bits per heavy atom. The number of imide groups is 2. The molecule has 258 valence electrons. The zero-order chi connectivity index (χ0) is 35.4. The fraction of sp³-hybridized carbons (Fsp3) is 0.250. The van der Waals surface area contributed by atoms with Crippen molar-refractivity contribution in [3.8, 4) is 22.8 Å². The number of nitrogen functional groups attached to an aromatic ring is 1. The van der Waals surface area contributed by atoms with Gasteiger partial charge in [-0.3, -0.25) is 34.3 Å². The van der Waals surface area contributed by atoms with E-state index in [2.05, 4.69) is 15.3 Å². The number of aromatic nitrogens is 4. The van der Waals surface area contributed by atoms with Gasteiger partial charge in [0.1, 0.15) is 47.4 Å². The Kier molecular flexibility index (Phi) is 7.98. The molecule has 8 rings (SSSR count). The number of anilines is 1. The van der Waals surface area contributed by atoms with Gasteiger partial charge in [-0.15, -0.1) is 0 Å². The minimum absolute atomic E-state index is 0.0264. The molecule has 5 heterocycles. The van der Waals surface area contributed by atoms with E-state index in [1.165, 1.54) is 12.4 Å². The van der Waals surface area contributed by atoms with Gasteiger partial charge in [0.05, 0.1) is 22.6 Å². The number of piperidine rings is 2. The number of benzene rings is 3. The number of hydrogen-bond donors (Lipinski definition) is 2. The number of amides is 4. The molecule has 51 heavy (non-hydrogen) atoms. The van der Waals surface area contributed by atoms with Crippen LogP contribution in [0.4, 0.5) is 14.6 Å². The van der Waals surface area contributed by atoms with E-state index in [1.807, 2.05) is 42.5 Å². The monoisotopic (exact) mass is 692 g/mol. The van der Waals surface area contributed by atoms with Gasteiger partial charge >= 0.3 is 0 Å². The third kappa shape index (κ3) is 5.74. The van der Waals surface area contributed by atoms with Crippen molar-refractivity contribution in [3.05, 3.63) is 95.6 Å². The number of ether oxygens (including phenoxy) is 1. The highest BCUT2D eigenvalue weighted by Gasteiger charge is 2.46. The highest BCUT2D eigenvalue weighted by molar-refractivity contribution is 6.23. The summed E-state index contributed by atoms with van der Waals surface area (Å²) < 4.78 is 38.9. The maximum absolute atomic E-state index is 16.1. The van der Waals surface area contributed by atoms with Crippen LogP contribution in [0.15, 0.2) is 73.1 Å². The average molecular weight is 693 g/mol. The van der Waals surface area contributed by atoms with E-state index in [-0.39, 0.29) is 37.3 Å². The van der Waals surface area contributed by atoms with Gasteiger partial charge in [0.2, 0.25) is 11.8 Å². The van der Waals surface area contributed by atoms with Crippen molar-refractivity contribution in [2.75, 3.05) is 18.8 Å². The minimum Gasteiger partial charge on any atom is -0.457 e. The van der Waals surface area contributed by atoms with Gasteiger partial charge in [-0.25, -0.2) is 23.4 Å². The molecule has 3 aliphatic heterocycles. The second kappa shape index (κ2) is 12.7. The standard InChI is InChI=1S/C36H30F2N8O5/c37-24-15-19(14-23-29(24)36(50)45(35(23)49)27-10-11-28(47)42-34(27)48)16-44-13-12-26(25(38)17-44)46-33-30(32(39)40-18-41-33)31(43-46)20-6-8-22(9-7-20)51-21-4-2-1-3-5-21/h1-9,14-15,18,25-27H,10-13,16-17H2,(H2,39,40,41)(H,42,47,48). The number of fused-ring (bicyclic) bond motifs is 2. The molecule has 3 unspecified atom stereocenters. The normalized spacial score (nSPS) is 20.9. The zero-order valence-electron chi connectivity index (χ0n) is 27.0. The lowest BCUT2D eigenvalue weighted by molar-refractivity contribution is -0.136. The Hall–Kier alpha value is -6.09. The summed E-state index contributed by atoms with van der Waals surface area (Å²) in [7, 11) is 0. The van der Waals surface area contributed by atoms with E-state index >= 15 is 8.78 Å². The number of nitrogens with two attached hydrogens (primary N) is 1. The van der Waals surface area contributed by atoms with Crippen LogP contribution in [0.2, 0.25) is 0 Å². The number of alkyl halides is 1. The molecule has 13 nitrogen and oxygen atoms in total. The van der Waals surface area contributed by atoms with E-state index in [0.29, 0.717) is 51.7 Å². The van der Waals surface area contributed by atoms with Gasteiger partial charge in [-0.2, -0.15) is 5.10 Å². The molecular formula is C36H30F2N8O5. The SMILES string of the molecule is Nc1ncnc2c1c(-c1ccc(Oc3ccccc3)cc1)nn2C1CCN(Cc2cc(F)c3c(c2)C(=O)N(C2CCC(=O)NC2=O)C3=O)CC1F. The smallest absolute Gasteiger partial charge is 0.265 e. The van der Waals surface area contributed by atoms with Crippen molar-refractivity contribution in [2.45, 2.75) is 44.1 Å². The number of nitrogens with zero attached hydrogens (tertiary/aromatic N) is 6. The molecule has 0 aliphatic carbocycles. The first kappa shape index (κ1) is 32.1. The molecule has 15 heteroatoms. The number of carbonyl (C=O) groups excluding carboxylic acids is 4. The van der Waals surface area contributed by atoms with Gasteiger partial charge in [0, 0.05) is 31.6 Å². The second-order valence-electron chi connectivity index (χ2n) is 12.7. The second-order valence-corrected chi connectivity index (χ2v) is 12.7. The third-order valence-electron chi connectivity index (χ3n) is 9.49. The largest absolute Gasteiger partial charge is 0.457 e. The van der Waals surface area contributed by atoms with E-state index in [1.54, 1.807) is 21.7 Å². The summed E-state index contributed by atoms with van der Waals surface area (Å²) in [6.45, 7) is 0.484. The maximum Gasteiger partial charge on any atom is 0.265 e. The number of likely N-dealkylation sites (tertiary alicyclic amines) is 1. The van der Waals surface area contributed by atoms with Crippen LogP contribution in [0.3, 0.4) is 0 Å². The molecule has 3 aromatic carbocycles. The van der Waals surface area contributed by atoms with E-state index in [0.717, 1.165) is 11.6 Å². The summed E-state index contributed by atoms with van der Waals surface area (Å²) in [6, 6.07) is 17.3. The highest BCUT2D eigenvalue weighted by Crippen LogP contribution is 2.37. The predicted molar refractivity (Wildman–Crippen MR) is 179 cm³/mol. The molecule has 0 radical (unpaired) electrons. The summed E-state index contributed by atoms with van der Waals surface area (Å²) in [5, 5.41) is 7.43. The molecule has 2 saturated heterocycles. The summed E-state index contributed by atoms with van der Waals surface area (Å²) in [5.41, 5.74) is 7.70. The lowest BCUT2D eigenvalue weighted by atomic mass is 10.0. The molecule has 0 bridgehead atoms. The number of carbonyl (C=O) groups is 4. The number of para-hydroxylation sites is 1. The maximum atomic E-state index is 16.1. The van der Waals surface area contributed by atoms with Gasteiger partial charge in [0.25, 0.3) is 11.8 Å². The van der Waals surface area contributed by atoms with Crippen molar-refractivity contribution in [1.82, 2.24) is 34.9 Å². The van der Waals surface area contributed by atoms with Crippen LogP contribution in [0.5, 0.6) is 11.5 Å². The van der Waals surface area contributed by atoms with Crippen LogP contribution in [0, 0.1) is 5.82 Å². The van der Waals surface area contributed by atoms with Crippen LogP contribution in [0.1, 0.15) is 51.6 Å².